The van der Waals surface area contributed by atoms with Crippen molar-refractivity contribution in [3.63, 3.8) is 0 Å². The lowest BCUT2D eigenvalue weighted by atomic mass is 10.1. The molecular weight excluding hydrogens is 326 g/mol. The predicted octanol–water partition coefficient (Wildman–Crippen LogP) is 2.85. The molecule has 0 N–H and O–H groups in total. The van der Waals surface area contributed by atoms with Gasteiger partial charge in [0, 0.05) is 44.9 Å². The zero-order valence-electron chi connectivity index (χ0n) is 15.0. The van der Waals surface area contributed by atoms with E-state index in [1.807, 2.05) is 61.8 Å². The van der Waals surface area contributed by atoms with Crippen LogP contribution in [-0.2, 0) is 13.5 Å². The molecule has 0 atom stereocenters. The molecule has 1 aromatic carbocycles. The third-order valence-electron chi connectivity index (χ3n) is 4.78. The first-order valence-corrected chi connectivity index (χ1v) is 9.04. The van der Waals surface area contributed by atoms with E-state index in [2.05, 4.69) is 24.6 Å². The molecule has 0 amide bonds. The van der Waals surface area contributed by atoms with Crippen LogP contribution in [0, 0.1) is 0 Å². The summed E-state index contributed by atoms with van der Waals surface area (Å²) in [6.45, 7) is 1.85. The molecule has 6 nitrogen and oxygen atoms in total. The van der Waals surface area contributed by atoms with Gasteiger partial charge in [-0.3, -0.25) is 4.98 Å². The second-order valence-corrected chi connectivity index (χ2v) is 6.59. The van der Waals surface area contributed by atoms with E-state index in [0.29, 0.717) is 6.42 Å². The summed E-state index contributed by atoms with van der Waals surface area (Å²) >= 11 is 0. The summed E-state index contributed by atoms with van der Waals surface area (Å²) in [5.41, 5.74) is 1.00. The fraction of sp³-hybridized carbons (Fsp3) is 0.350. The summed E-state index contributed by atoms with van der Waals surface area (Å²) in [6, 6.07) is 16.0. The summed E-state index contributed by atoms with van der Waals surface area (Å²) in [5, 5.41) is 8.79. The minimum Gasteiger partial charge on any atom is -0.490 e. The number of benzene rings is 1. The summed E-state index contributed by atoms with van der Waals surface area (Å²) in [4.78, 5) is 6.67. The van der Waals surface area contributed by atoms with Gasteiger partial charge in [-0.15, -0.1) is 10.2 Å². The van der Waals surface area contributed by atoms with Gasteiger partial charge in [0.05, 0.1) is 6.42 Å². The molecule has 0 bridgehead atoms. The first kappa shape index (κ1) is 16.6. The Morgan fingerprint density at radius 2 is 1.77 bits per heavy atom. The van der Waals surface area contributed by atoms with Crippen molar-refractivity contribution in [2.45, 2.75) is 25.4 Å². The molecule has 2 aromatic heterocycles. The van der Waals surface area contributed by atoms with E-state index in [4.69, 9.17) is 4.74 Å². The molecule has 1 fully saturated rings. The lowest BCUT2D eigenvalue weighted by molar-refractivity contribution is 0.170. The number of aromatic nitrogens is 4. The smallest absolute Gasteiger partial charge is 0.226 e. The van der Waals surface area contributed by atoms with E-state index in [1.54, 1.807) is 0 Å². The highest BCUT2D eigenvalue weighted by Crippen LogP contribution is 2.22. The molecule has 0 radical (unpaired) electrons. The molecule has 1 aliphatic rings. The van der Waals surface area contributed by atoms with Gasteiger partial charge in [0.2, 0.25) is 5.95 Å². The van der Waals surface area contributed by atoms with Crippen LogP contribution in [-0.4, -0.2) is 38.9 Å². The second-order valence-electron chi connectivity index (χ2n) is 6.59. The standard InChI is InChI=1S/C20H23N5O/c1-24-19(15-16-7-5-6-12-21-16)22-23-20(24)25-13-10-18(11-14-25)26-17-8-3-2-4-9-17/h2-9,12,18H,10-11,13-15H2,1H3. The van der Waals surface area contributed by atoms with Crippen molar-refractivity contribution in [1.82, 2.24) is 19.7 Å². The number of ether oxygens (including phenoxy) is 1. The molecule has 1 saturated heterocycles. The van der Waals surface area contributed by atoms with Crippen LogP contribution in [0.2, 0.25) is 0 Å². The number of para-hydroxylation sites is 1. The molecule has 0 spiro atoms. The molecule has 6 heteroatoms. The second kappa shape index (κ2) is 7.56. The van der Waals surface area contributed by atoms with Gasteiger partial charge in [-0.05, 0) is 24.3 Å². The van der Waals surface area contributed by atoms with Gasteiger partial charge in [-0.2, -0.15) is 0 Å². The van der Waals surface area contributed by atoms with Crippen LogP contribution >= 0.6 is 0 Å². The highest BCUT2D eigenvalue weighted by Gasteiger charge is 2.24. The largest absolute Gasteiger partial charge is 0.490 e. The minimum absolute atomic E-state index is 0.259. The molecule has 0 unspecified atom stereocenters. The molecule has 1 aliphatic heterocycles. The maximum atomic E-state index is 6.08. The normalized spacial score (nSPS) is 15.2. The van der Waals surface area contributed by atoms with Crippen LogP contribution in [0.4, 0.5) is 5.95 Å². The Balaban J connectivity index is 1.37. The third kappa shape index (κ3) is 3.69. The number of hydrogen-bond donors (Lipinski definition) is 0. The van der Waals surface area contributed by atoms with Crippen molar-refractivity contribution >= 4 is 5.95 Å². The topological polar surface area (TPSA) is 56.1 Å². The van der Waals surface area contributed by atoms with Gasteiger partial charge < -0.3 is 14.2 Å². The van der Waals surface area contributed by atoms with Gasteiger partial charge in [0.25, 0.3) is 0 Å². The number of piperidine rings is 1. The van der Waals surface area contributed by atoms with Crippen LogP contribution in [0.5, 0.6) is 5.75 Å². The monoisotopic (exact) mass is 349 g/mol. The van der Waals surface area contributed by atoms with Crippen molar-refractivity contribution in [1.29, 1.82) is 0 Å². The van der Waals surface area contributed by atoms with Crippen molar-refractivity contribution < 1.29 is 4.74 Å². The lowest BCUT2D eigenvalue weighted by Crippen LogP contribution is -2.39. The molecule has 0 saturated carbocycles. The van der Waals surface area contributed by atoms with Gasteiger partial charge in [0.15, 0.2) is 0 Å². The van der Waals surface area contributed by atoms with Crippen LogP contribution in [0.15, 0.2) is 54.7 Å². The third-order valence-corrected chi connectivity index (χ3v) is 4.78. The first-order valence-electron chi connectivity index (χ1n) is 9.04. The van der Waals surface area contributed by atoms with E-state index in [0.717, 1.165) is 49.1 Å². The minimum atomic E-state index is 0.259. The predicted molar refractivity (Wildman–Crippen MR) is 100 cm³/mol. The van der Waals surface area contributed by atoms with E-state index in [-0.39, 0.29) is 6.10 Å². The number of pyridine rings is 1. The molecule has 134 valence electrons. The van der Waals surface area contributed by atoms with Crippen molar-refractivity contribution in [2.24, 2.45) is 7.05 Å². The number of nitrogens with zero attached hydrogens (tertiary/aromatic N) is 5. The van der Waals surface area contributed by atoms with E-state index in [9.17, 15) is 0 Å². The van der Waals surface area contributed by atoms with E-state index in [1.165, 1.54) is 0 Å². The van der Waals surface area contributed by atoms with Crippen LogP contribution in [0.1, 0.15) is 24.4 Å². The SMILES string of the molecule is Cn1c(Cc2ccccn2)nnc1N1CCC(Oc2ccccc2)CC1. The molecule has 3 heterocycles. The van der Waals surface area contributed by atoms with Gasteiger partial charge >= 0.3 is 0 Å². The van der Waals surface area contributed by atoms with Gasteiger partial charge in [0.1, 0.15) is 17.7 Å². The molecule has 3 aromatic rings. The Bertz CT molecular complexity index is 826. The Morgan fingerprint density at radius 3 is 2.50 bits per heavy atom. The average Bonchev–Trinajstić information content (AvgIpc) is 3.05. The molecule has 0 aliphatic carbocycles. The van der Waals surface area contributed by atoms with Crippen molar-refractivity contribution in [3.05, 3.63) is 66.2 Å². The zero-order chi connectivity index (χ0) is 17.8. The summed E-state index contributed by atoms with van der Waals surface area (Å²) in [5.74, 6) is 2.80. The first-order chi connectivity index (χ1) is 12.8. The van der Waals surface area contributed by atoms with Crippen LogP contribution in [0.25, 0.3) is 0 Å². The van der Waals surface area contributed by atoms with E-state index >= 15 is 0 Å². The summed E-state index contributed by atoms with van der Waals surface area (Å²) in [7, 11) is 2.03. The van der Waals surface area contributed by atoms with Gasteiger partial charge in [-0.25, -0.2) is 0 Å². The molecule has 4 rings (SSSR count). The number of hydrogen-bond acceptors (Lipinski definition) is 5. The Morgan fingerprint density at radius 1 is 1.00 bits per heavy atom. The van der Waals surface area contributed by atoms with Crippen molar-refractivity contribution in [3.8, 4) is 5.75 Å². The maximum absolute atomic E-state index is 6.08. The lowest BCUT2D eigenvalue weighted by Gasteiger charge is -2.32. The fourth-order valence-corrected chi connectivity index (χ4v) is 3.31. The Labute approximate surface area is 153 Å². The summed E-state index contributed by atoms with van der Waals surface area (Å²) < 4.78 is 8.15. The Kier molecular flexibility index (Phi) is 4.82. The highest BCUT2D eigenvalue weighted by molar-refractivity contribution is 5.32. The zero-order valence-corrected chi connectivity index (χ0v) is 15.0. The number of rotatable bonds is 5. The molecular formula is C20H23N5O. The quantitative estimate of drug-likeness (QED) is 0.709. The van der Waals surface area contributed by atoms with Crippen LogP contribution in [0.3, 0.4) is 0 Å². The van der Waals surface area contributed by atoms with Crippen molar-refractivity contribution in [2.75, 3.05) is 18.0 Å². The van der Waals surface area contributed by atoms with Crippen LogP contribution < -0.4 is 9.64 Å². The van der Waals surface area contributed by atoms with E-state index < -0.39 is 0 Å². The molecule has 26 heavy (non-hydrogen) atoms. The fourth-order valence-electron chi connectivity index (χ4n) is 3.31. The summed E-state index contributed by atoms with van der Waals surface area (Å²) in [6.07, 6.45) is 4.73. The highest BCUT2D eigenvalue weighted by atomic mass is 16.5. The van der Waals surface area contributed by atoms with Gasteiger partial charge in [-0.1, -0.05) is 24.3 Å². The maximum Gasteiger partial charge on any atom is 0.226 e. The Hall–Kier alpha value is -2.89. The average molecular weight is 349 g/mol. The number of anilines is 1.